The Morgan fingerprint density at radius 3 is 2.31 bits per heavy atom. The van der Waals surface area contributed by atoms with E-state index in [0.29, 0.717) is 11.4 Å². The maximum absolute atomic E-state index is 8.85. The van der Waals surface area contributed by atoms with Gasteiger partial charge in [-0.3, -0.25) is 0 Å². The average Bonchev–Trinajstić information content (AvgIpc) is 2.12. The summed E-state index contributed by atoms with van der Waals surface area (Å²) in [4.78, 5) is 0. The second-order valence-corrected chi connectivity index (χ2v) is 2.25. The number of hydrogen-bond donors (Lipinski definition) is 3. The minimum Gasteiger partial charge on any atom is -0.463 e. The van der Waals surface area contributed by atoms with Crippen LogP contribution in [0.4, 0.5) is 5.69 Å². The molecular weight excluding hydrogens is 168 g/mol. The summed E-state index contributed by atoms with van der Waals surface area (Å²) >= 11 is 0. The van der Waals surface area contributed by atoms with Gasteiger partial charge >= 0.3 is 0 Å². The van der Waals surface area contributed by atoms with Gasteiger partial charge in [0, 0.05) is 0 Å². The first-order chi connectivity index (χ1) is 6.20. The molecule has 1 unspecified atom stereocenters. The number of aliphatic hydroxyl groups is 1. The van der Waals surface area contributed by atoms with Crippen molar-refractivity contribution < 1.29 is 9.84 Å². The van der Waals surface area contributed by atoms with Crippen LogP contribution in [0.2, 0.25) is 0 Å². The molecule has 4 heteroatoms. The van der Waals surface area contributed by atoms with Gasteiger partial charge in [0.05, 0.1) is 5.69 Å². The van der Waals surface area contributed by atoms with Gasteiger partial charge in [-0.15, -0.1) is 0 Å². The number of rotatable bonds is 2. The minimum atomic E-state index is -0.820. The molecule has 74 valence electrons. The third-order valence-corrected chi connectivity index (χ3v) is 1.22. The molecule has 0 saturated carbocycles. The van der Waals surface area contributed by atoms with E-state index < -0.39 is 6.29 Å². The molecule has 0 aliphatic carbocycles. The monoisotopic (exact) mass is 184 g/mol. The van der Waals surface area contributed by atoms with E-state index in [1.807, 2.05) is 6.07 Å². The highest BCUT2D eigenvalue weighted by Crippen LogP contribution is 2.20. The van der Waals surface area contributed by atoms with Crippen LogP contribution in [0.25, 0.3) is 0 Å². The van der Waals surface area contributed by atoms with E-state index in [-0.39, 0.29) is 0 Å². The highest BCUT2D eigenvalue weighted by Gasteiger charge is 2.00. The molecule has 0 heterocycles. The summed E-state index contributed by atoms with van der Waals surface area (Å²) in [5.41, 5.74) is 10.6. The number of para-hydroxylation sites is 2. The summed E-state index contributed by atoms with van der Waals surface area (Å²) in [7, 11) is 1.50. The van der Waals surface area contributed by atoms with Gasteiger partial charge in [-0.05, 0) is 26.1 Å². The van der Waals surface area contributed by atoms with Crippen LogP contribution in [0.3, 0.4) is 0 Å². The maximum Gasteiger partial charge on any atom is 0.194 e. The number of hydrogen-bond acceptors (Lipinski definition) is 4. The molecule has 0 spiro atoms. The SMILES string of the molecule is CC(O)Oc1ccccc1N.CN. The van der Waals surface area contributed by atoms with Crippen molar-refractivity contribution in [2.24, 2.45) is 5.73 Å². The largest absolute Gasteiger partial charge is 0.463 e. The molecule has 0 amide bonds. The molecule has 4 nitrogen and oxygen atoms in total. The summed E-state index contributed by atoms with van der Waals surface area (Å²) < 4.78 is 4.98. The summed E-state index contributed by atoms with van der Waals surface area (Å²) in [5, 5.41) is 8.85. The molecule has 0 bridgehead atoms. The highest BCUT2D eigenvalue weighted by atomic mass is 16.6. The molecule has 1 aromatic carbocycles. The van der Waals surface area contributed by atoms with Crippen molar-refractivity contribution in [2.75, 3.05) is 12.8 Å². The molecule has 0 saturated heterocycles. The summed E-state index contributed by atoms with van der Waals surface area (Å²) in [5.74, 6) is 0.516. The van der Waals surface area contributed by atoms with E-state index in [9.17, 15) is 0 Å². The van der Waals surface area contributed by atoms with Crippen LogP contribution in [-0.2, 0) is 0 Å². The normalized spacial score (nSPS) is 11.1. The third kappa shape index (κ3) is 4.35. The van der Waals surface area contributed by atoms with E-state index in [1.54, 1.807) is 18.2 Å². The molecule has 0 radical (unpaired) electrons. The second-order valence-electron chi connectivity index (χ2n) is 2.25. The van der Waals surface area contributed by atoms with E-state index in [0.717, 1.165) is 0 Å². The van der Waals surface area contributed by atoms with Gasteiger partial charge in [-0.25, -0.2) is 0 Å². The van der Waals surface area contributed by atoms with Gasteiger partial charge in [0.25, 0.3) is 0 Å². The van der Waals surface area contributed by atoms with Crippen LogP contribution in [0.15, 0.2) is 24.3 Å². The number of ether oxygens (including phenoxy) is 1. The molecule has 13 heavy (non-hydrogen) atoms. The van der Waals surface area contributed by atoms with Gasteiger partial charge in [-0.2, -0.15) is 0 Å². The third-order valence-electron chi connectivity index (χ3n) is 1.22. The van der Waals surface area contributed by atoms with Gasteiger partial charge in [0.15, 0.2) is 6.29 Å². The molecule has 1 rings (SSSR count). The highest BCUT2D eigenvalue weighted by molar-refractivity contribution is 5.51. The lowest BCUT2D eigenvalue weighted by atomic mass is 10.3. The number of aliphatic hydroxyl groups excluding tert-OH is 1. The van der Waals surface area contributed by atoms with Crippen molar-refractivity contribution in [3.63, 3.8) is 0 Å². The number of nitrogens with two attached hydrogens (primary N) is 2. The van der Waals surface area contributed by atoms with E-state index in [4.69, 9.17) is 15.6 Å². The zero-order valence-electron chi connectivity index (χ0n) is 7.90. The van der Waals surface area contributed by atoms with Crippen molar-refractivity contribution in [2.45, 2.75) is 13.2 Å². The Bertz CT molecular complexity index is 239. The first-order valence-corrected chi connectivity index (χ1v) is 3.97. The van der Waals surface area contributed by atoms with Gasteiger partial charge in [0.1, 0.15) is 5.75 Å². The maximum atomic E-state index is 8.85. The number of anilines is 1. The number of benzene rings is 1. The Kier molecular flexibility index (Phi) is 5.67. The van der Waals surface area contributed by atoms with Crippen LogP contribution in [0.1, 0.15) is 6.92 Å². The Labute approximate surface area is 78.1 Å². The lowest BCUT2D eigenvalue weighted by Crippen LogP contribution is -2.10. The molecular formula is C9H16N2O2. The molecule has 1 atom stereocenters. The van der Waals surface area contributed by atoms with Crippen molar-refractivity contribution >= 4 is 5.69 Å². The molecule has 0 fully saturated rings. The van der Waals surface area contributed by atoms with E-state index in [1.165, 1.54) is 14.0 Å². The van der Waals surface area contributed by atoms with Crippen LogP contribution >= 0.6 is 0 Å². The Hall–Kier alpha value is -1.26. The first kappa shape index (κ1) is 11.7. The lowest BCUT2D eigenvalue weighted by molar-refractivity contribution is 0.000277. The smallest absolute Gasteiger partial charge is 0.194 e. The minimum absolute atomic E-state index is 0.516. The fourth-order valence-electron chi connectivity index (χ4n) is 0.772. The first-order valence-electron chi connectivity index (χ1n) is 3.97. The molecule has 0 aliphatic heterocycles. The average molecular weight is 184 g/mol. The van der Waals surface area contributed by atoms with Crippen molar-refractivity contribution in [3.05, 3.63) is 24.3 Å². The van der Waals surface area contributed by atoms with Crippen molar-refractivity contribution in [1.29, 1.82) is 0 Å². The van der Waals surface area contributed by atoms with E-state index >= 15 is 0 Å². The zero-order valence-corrected chi connectivity index (χ0v) is 7.90. The summed E-state index contributed by atoms with van der Waals surface area (Å²) in [6.45, 7) is 1.53. The summed E-state index contributed by atoms with van der Waals surface area (Å²) in [6, 6.07) is 7.04. The summed E-state index contributed by atoms with van der Waals surface area (Å²) in [6.07, 6.45) is -0.820. The van der Waals surface area contributed by atoms with Crippen LogP contribution < -0.4 is 16.2 Å². The van der Waals surface area contributed by atoms with Crippen LogP contribution in [-0.4, -0.2) is 18.4 Å². The fraction of sp³-hybridized carbons (Fsp3) is 0.333. The van der Waals surface area contributed by atoms with Gasteiger partial charge in [0.2, 0.25) is 0 Å². The van der Waals surface area contributed by atoms with Gasteiger partial charge < -0.3 is 21.3 Å². The predicted octanol–water partition coefficient (Wildman–Crippen LogP) is 0.561. The van der Waals surface area contributed by atoms with E-state index in [2.05, 4.69) is 5.73 Å². The van der Waals surface area contributed by atoms with Crippen molar-refractivity contribution in [1.82, 2.24) is 0 Å². The molecule has 1 aromatic rings. The van der Waals surface area contributed by atoms with Crippen molar-refractivity contribution in [3.8, 4) is 5.75 Å². The van der Waals surface area contributed by atoms with Gasteiger partial charge in [-0.1, -0.05) is 12.1 Å². The lowest BCUT2D eigenvalue weighted by Gasteiger charge is -2.09. The molecule has 0 aliphatic rings. The van der Waals surface area contributed by atoms with Crippen LogP contribution in [0, 0.1) is 0 Å². The standard InChI is InChI=1S/C8H11NO2.CH5N/c1-6(10)11-8-5-3-2-4-7(8)9;1-2/h2-6,10H,9H2,1H3;2H2,1H3. The molecule has 0 aromatic heterocycles. The molecule has 5 N–H and O–H groups in total. The quantitative estimate of drug-likeness (QED) is 0.463. The number of nitrogen functional groups attached to an aromatic ring is 1. The Morgan fingerprint density at radius 1 is 1.31 bits per heavy atom. The predicted molar refractivity (Wildman–Crippen MR) is 53.3 cm³/mol. The fourth-order valence-corrected chi connectivity index (χ4v) is 0.772. The van der Waals surface area contributed by atoms with Crippen LogP contribution in [0.5, 0.6) is 5.75 Å². The Balaban J connectivity index is 0.000000671. The Morgan fingerprint density at radius 2 is 1.85 bits per heavy atom. The zero-order chi connectivity index (χ0) is 10.3. The second kappa shape index (κ2) is 6.28. The topological polar surface area (TPSA) is 81.5 Å².